The molecule has 0 spiro atoms. The lowest BCUT2D eigenvalue weighted by Crippen LogP contribution is -2.24. The summed E-state index contributed by atoms with van der Waals surface area (Å²) in [6.07, 6.45) is 2.75. The Balaban J connectivity index is 2.13. The van der Waals surface area contributed by atoms with E-state index in [1.165, 1.54) is 12.1 Å². The van der Waals surface area contributed by atoms with Crippen molar-refractivity contribution in [2.24, 2.45) is 0 Å². The molecule has 2 unspecified atom stereocenters. The summed E-state index contributed by atoms with van der Waals surface area (Å²) in [4.78, 5) is 4.33. The van der Waals surface area contributed by atoms with Gasteiger partial charge >= 0.3 is 0 Å². The number of halogens is 2. The molecule has 0 fully saturated rings. The molecule has 5 heteroatoms. The van der Waals surface area contributed by atoms with E-state index in [4.69, 9.17) is 11.6 Å². The third kappa shape index (κ3) is 3.53. The lowest BCUT2D eigenvalue weighted by atomic mass is 10.1. The van der Waals surface area contributed by atoms with Gasteiger partial charge in [0.1, 0.15) is 10.8 Å². The minimum absolute atomic E-state index is 0.0435. The van der Waals surface area contributed by atoms with Gasteiger partial charge in [-0.15, -0.1) is 11.3 Å². The van der Waals surface area contributed by atoms with Crippen LogP contribution in [0.3, 0.4) is 0 Å². The van der Waals surface area contributed by atoms with Gasteiger partial charge in [0.05, 0.1) is 6.04 Å². The maximum absolute atomic E-state index is 13.0. The second-order valence-electron chi connectivity index (χ2n) is 4.39. The number of nitrogens with zero attached hydrogens (tertiary/aromatic N) is 1. The van der Waals surface area contributed by atoms with Gasteiger partial charge in [-0.05, 0) is 31.0 Å². The molecule has 2 nitrogen and oxygen atoms in total. The van der Waals surface area contributed by atoms with Crippen LogP contribution in [0.15, 0.2) is 29.8 Å². The van der Waals surface area contributed by atoms with Crippen LogP contribution in [0.5, 0.6) is 0 Å². The normalized spacial score (nSPS) is 14.3. The summed E-state index contributed by atoms with van der Waals surface area (Å²) in [5, 5.41) is 6.97. The molecule has 0 aliphatic heterocycles. The highest BCUT2D eigenvalue weighted by Crippen LogP contribution is 2.27. The first kappa shape index (κ1) is 14.4. The summed E-state index contributed by atoms with van der Waals surface area (Å²) >= 11 is 7.72. The van der Waals surface area contributed by atoms with E-state index in [0.717, 1.165) is 17.0 Å². The first-order valence-electron chi connectivity index (χ1n) is 6.22. The van der Waals surface area contributed by atoms with Crippen molar-refractivity contribution >= 4 is 22.9 Å². The predicted octanol–water partition coefficient (Wildman–Crippen LogP) is 4.74. The molecular formula is C14H16ClFN2S. The zero-order valence-corrected chi connectivity index (χ0v) is 12.4. The molecule has 0 radical (unpaired) electrons. The average Bonchev–Trinajstić information content (AvgIpc) is 2.89. The maximum atomic E-state index is 13.0. The minimum atomic E-state index is -0.312. The SMILES string of the molecule is CCC(NC(C)c1ccc(F)cc1Cl)c1nccs1. The van der Waals surface area contributed by atoms with Crippen molar-refractivity contribution in [3.8, 4) is 0 Å². The van der Waals surface area contributed by atoms with Crippen LogP contribution in [-0.4, -0.2) is 4.98 Å². The average molecular weight is 299 g/mol. The van der Waals surface area contributed by atoms with Crippen molar-refractivity contribution in [3.63, 3.8) is 0 Å². The molecular weight excluding hydrogens is 283 g/mol. The van der Waals surface area contributed by atoms with Gasteiger partial charge in [-0.25, -0.2) is 9.37 Å². The highest BCUT2D eigenvalue weighted by atomic mass is 35.5. The molecule has 0 aliphatic carbocycles. The Morgan fingerprint density at radius 2 is 2.26 bits per heavy atom. The first-order valence-corrected chi connectivity index (χ1v) is 7.48. The van der Waals surface area contributed by atoms with E-state index in [9.17, 15) is 4.39 Å². The van der Waals surface area contributed by atoms with Gasteiger partial charge in [-0.2, -0.15) is 0 Å². The Kier molecular flexibility index (Phi) is 4.91. The molecule has 2 atom stereocenters. The second-order valence-corrected chi connectivity index (χ2v) is 5.72. The van der Waals surface area contributed by atoms with Gasteiger partial charge in [0.15, 0.2) is 0 Å². The van der Waals surface area contributed by atoms with Crippen molar-refractivity contribution in [1.82, 2.24) is 10.3 Å². The van der Waals surface area contributed by atoms with Crippen LogP contribution in [0.4, 0.5) is 4.39 Å². The van der Waals surface area contributed by atoms with Crippen LogP contribution < -0.4 is 5.32 Å². The van der Waals surface area contributed by atoms with Gasteiger partial charge in [-0.1, -0.05) is 24.6 Å². The fourth-order valence-electron chi connectivity index (χ4n) is 2.01. The van der Waals surface area contributed by atoms with Gasteiger partial charge in [0.2, 0.25) is 0 Å². The lowest BCUT2D eigenvalue weighted by molar-refractivity contribution is 0.454. The molecule has 19 heavy (non-hydrogen) atoms. The number of benzene rings is 1. The zero-order valence-electron chi connectivity index (χ0n) is 10.9. The summed E-state index contributed by atoms with van der Waals surface area (Å²) in [6, 6.07) is 4.74. The Morgan fingerprint density at radius 3 is 2.84 bits per heavy atom. The number of hydrogen-bond acceptors (Lipinski definition) is 3. The third-order valence-corrected chi connectivity index (χ3v) is 4.25. The summed E-state index contributed by atoms with van der Waals surface area (Å²) in [5.74, 6) is -0.312. The van der Waals surface area contributed by atoms with Crippen LogP contribution in [0.2, 0.25) is 5.02 Å². The summed E-state index contributed by atoms with van der Waals surface area (Å²) < 4.78 is 13.0. The van der Waals surface area contributed by atoms with Gasteiger partial charge in [0.25, 0.3) is 0 Å². The molecule has 0 saturated carbocycles. The van der Waals surface area contributed by atoms with Crippen LogP contribution in [0.25, 0.3) is 0 Å². The summed E-state index contributed by atoms with van der Waals surface area (Å²) in [6.45, 7) is 4.13. The summed E-state index contributed by atoms with van der Waals surface area (Å²) in [7, 11) is 0. The van der Waals surface area contributed by atoms with Gasteiger partial charge in [0, 0.05) is 22.6 Å². The van der Waals surface area contributed by atoms with Crippen molar-refractivity contribution in [2.45, 2.75) is 32.4 Å². The molecule has 1 aromatic heterocycles. The number of aromatic nitrogens is 1. The number of nitrogens with one attached hydrogen (secondary N) is 1. The number of thiazole rings is 1. The van der Waals surface area contributed by atoms with E-state index in [-0.39, 0.29) is 17.9 Å². The van der Waals surface area contributed by atoms with E-state index >= 15 is 0 Å². The van der Waals surface area contributed by atoms with Gasteiger partial charge < -0.3 is 5.32 Å². The molecule has 2 rings (SSSR count). The molecule has 102 valence electrons. The highest BCUT2D eigenvalue weighted by Gasteiger charge is 2.17. The van der Waals surface area contributed by atoms with Gasteiger partial charge in [-0.3, -0.25) is 0 Å². The molecule has 1 aromatic carbocycles. The van der Waals surface area contributed by atoms with E-state index in [0.29, 0.717) is 5.02 Å². The van der Waals surface area contributed by atoms with Crippen molar-refractivity contribution in [1.29, 1.82) is 0 Å². The van der Waals surface area contributed by atoms with Crippen LogP contribution in [0.1, 0.15) is 42.9 Å². The Morgan fingerprint density at radius 1 is 1.47 bits per heavy atom. The largest absolute Gasteiger partial charge is 0.301 e. The number of hydrogen-bond donors (Lipinski definition) is 1. The Labute approximate surface area is 121 Å². The quantitative estimate of drug-likeness (QED) is 0.862. The van der Waals surface area contributed by atoms with E-state index in [1.54, 1.807) is 23.6 Å². The van der Waals surface area contributed by atoms with E-state index in [2.05, 4.69) is 17.2 Å². The topological polar surface area (TPSA) is 24.9 Å². The lowest BCUT2D eigenvalue weighted by Gasteiger charge is -2.21. The molecule has 0 aliphatic rings. The number of rotatable bonds is 5. The third-order valence-electron chi connectivity index (χ3n) is 3.04. The van der Waals surface area contributed by atoms with E-state index in [1.807, 2.05) is 12.3 Å². The van der Waals surface area contributed by atoms with Crippen LogP contribution >= 0.6 is 22.9 Å². The standard InChI is InChI=1S/C14H16ClFN2S/c1-3-13(14-17-6-7-19-14)18-9(2)11-5-4-10(16)8-12(11)15/h4-9,13,18H,3H2,1-2H3. The smallest absolute Gasteiger partial charge is 0.124 e. The maximum Gasteiger partial charge on any atom is 0.124 e. The molecule has 2 aromatic rings. The fraction of sp³-hybridized carbons (Fsp3) is 0.357. The second kappa shape index (κ2) is 6.46. The predicted molar refractivity (Wildman–Crippen MR) is 78.1 cm³/mol. The van der Waals surface area contributed by atoms with Crippen LogP contribution in [0, 0.1) is 5.82 Å². The Hall–Kier alpha value is -0.970. The fourth-order valence-corrected chi connectivity index (χ4v) is 3.13. The van der Waals surface area contributed by atoms with Crippen molar-refractivity contribution < 1.29 is 4.39 Å². The minimum Gasteiger partial charge on any atom is -0.301 e. The summed E-state index contributed by atoms with van der Waals surface area (Å²) in [5.41, 5.74) is 0.901. The molecule has 0 saturated heterocycles. The van der Waals surface area contributed by atoms with E-state index < -0.39 is 0 Å². The van der Waals surface area contributed by atoms with Crippen molar-refractivity contribution in [2.75, 3.05) is 0 Å². The van der Waals surface area contributed by atoms with Crippen LogP contribution in [-0.2, 0) is 0 Å². The zero-order chi connectivity index (χ0) is 13.8. The Bertz CT molecular complexity index is 530. The highest BCUT2D eigenvalue weighted by molar-refractivity contribution is 7.09. The van der Waals surface area contributed by atoms with Crippen molar-refractivity contribution in [3.05, 3.63) is 51.2 Å². The first-order chi connectivity index (χ1) is 9.11. The molecule has 0 amide bonds. The molecule has 1 N–H and O–H groups in total. The monoisotopic (exact) mass is 298 g/mol. The molecule has 0 bridgehead atoms. The molecule has 1 heterocycles.